The summed E-state index contributed by atoms with van der Waals surface area (Å²) < 4.78 is 5.45. The van der Waals surface area contributed by atoms with Crippen molar-refractivity contribution in [3.63, 3.8) is 0 Å². The van der Waals surface area contributed by atoms with E-state index in [-0.39, 0.29) is 6.04 Å². The lowest BCUT2D eigenvalue weighted by Gasteiger charge is -2.24. The molecule has 0 aliphatic rings. The number of hydrogen-bond acceptors (Lipinski definition) is 2. The second kappa shape index (κ2) is 8.21. The number of hydrogen-bond donors (Lipinski definition) is 1. The van der Waals surface area contributed by atoms with E-state index in [4.69, 9.17) is 10.5 Å². The molecule has 2 nitrogen and oxygen atoms in total. The minimum absolute atomic E-state index is 0.232. The average molecular weight is 263 g/mol. The highest BCUT2D eigenvalue weighted by atomic mass is 16.5. The van der Waals surface area contributed by atoms with Crippen LogP contribution in [-0.4, -0.2) is 13.2 Å². The normalized spacial score (nSPS) is 12.7. The summed E-state index contributed by atoms with van der Waals surface area (Å²) in [5.41, 5.74) is 8.95. The van der Waals surface area contributed by atoms with E-state index in [1.807, 2.05) is 6.07 Å². The van der Waals surface area contributed by atoms with Crippen molar-refractivity contribution >= 4 is 0 Å². The van der Waals surface area contributed by atoms with Gasteiger partial charge in [0.05, 0.1) is 7.11 Å². The maximum atomic E-state index is 6.44. The second-order valence-electron chi connectivity index (χ2n) is 5.52. The molecule has 0 bridgehead atoms. The molecule has 0 spiro atoms. The van der Waals surface area contributed by atoms with Gasteiger partial charge in [-0.15, -0.1) is 0 Å². The van der Waals surface area contributed by atoms with E-state index in [1.54, 1.807) is 7.11 Å². The average Bonchev–Trinajstić information content (AvgIpc) is 2.38. The summed E-state index contributed by atoms with van der Waals surface area (Å²) in [6.07, 6.45) is 5.79. The highest BCUT2D eigenvalue weighted by molar-refractivity contribution is 5.37. The quantitative estimate of drug-likeness (QED) is 0.766. The number of nitrogens with two attached hydrogens (primary N) is 1. The third-order valence-corrected chi connectivity index (χ3v) is 3.82. The maximum absolute atomic E-state index is 6.44. The Labute approximate surface area is 118 Å². The fourth-order valence-electron chi connectivity index (χ4n) is 2.80. The van der Waals surface area contributed by atoms with Gasteiger partial charge in [-0.25, -0.2) is 0 Å². The van der Waals surface area contributed by atoms with E-state index in [2.05, 4.69) is 32.9 Å². The lowest BCUT2D eigenvalue weighted by molar-refractivity contribution is 0.353. The van der Waals surface area contributed by atoms with Crippen LogP contribution >= 0.6 is 0 Å². The van der Waals surface area contributed by atoms with Gasteiger partial charge < -0.3 is 10.5 Å². The molecule has 0 fully saturated rings. The van der Waals surface area contributed by atoms with E-state index >= 15 is 0 Å². The zero-order valence-electron chi connectivity index (χ0n) is 12.9. The molecule has 0 saturated carbocycles. The Balaban J connectivity index is 2.78. The Hall–Kier alpha value is -1.02. The lowest BCUT2D eigenvalue weighted by Crippen LogP contribution is -2.32. The van der Waals surface area contributed by atoms with Crippen LogP contribution in [0.4, 0.5) is 0 Å². The molecule has 1 aromatic carbocycles. The maximum Gasteiger partial charge on any atom is 0.122 e. The van der Waals surface area contributed by atoms with Crippen LogP contribution in [0.3, 0.4) is 0 Å². The van der Waals surface area contributed by atoms with Crippen molar-refractivity contribution in [3.05, 3.63) is 29.3 Å². The van der Waals surface area contributed by atoms with Crippen LogP contribution in [0.5, 0.6) is 5.75 Å². The summed E-state index contributed by atoms with van der Waals surface area (Å²) in [7, 11) is 1.73. The van der Waals surface area contributed by atoms with Gasteiger partial charge in [-0.1, -0.05) is 44.4 Å². The molecule has 0 radical (unpaired) electrons. The third-order valence-electron chi connectivity index (χ3n) is 3.82. The van der Waals surface area contributed by atoms with Gasteiger partial charge in [0.1, 0.15) is 5.75 Å². The molecule has 1 unspecified atom stereocenters. The van der Waals surface area contributed by atoms with Gasteiger partial charge in [-0.05, 0) is 43.7 Å². The van der Waals surface area contributed by atoms with E-state index < -0.39 is 0 Å². The first-order chi connectivity index (χ1) is 9.12. The highest BCUT2D eigenvalue weighted by Gasteiger charge is 2.18. The molecule has 19 heavy (non-hydrogen) atoms. The van der Waals surface area contributed by atoms with Crippen LogP contribution in [0.1, 0.15) is 50.7 Å². The van der Waals surface area contributed by atoms with Gasteiger partial charge in [0.15, 0.2) is 0 Å². The number of ether oxygens (including phenoxy) is 1. The van der Waals surface area contributed by atoms with Gasteiger partial charge in [-0.3, -0.25) is 0 Å². The SMILES string of the molecule is CCCC(CCC)C(N)Cc1cc(C)ccc1OC. The number of rotatable bonds is 8. The smallest absolute Gasteiger partial charge is 0.122 e. The number of benzene rings is 1. The largest absolute Gasteiger partial charge is 0.496 e. The monoisotopic (exact) mass is 263 g/mol. The molecule has 1 aromatic rings. The zero-order valence-corrected chi connectivity index (χ0v) is 12.9. The Morgan fingerprint density at radius 2 is 1.79 bits per heavy atom. The molecule has 0 amide bonds. The topological polar surface area (TPSA) is 35.2 Å². The number of aryl methyl sites for hydroxylation is 1. The minimum Gasteiger partial charge on any atom is -0.496 e. The van der Waals surface area contributed by atoms with Crippen LogP contribution in [0.15, 0.2) is 18.2 Å². The molecule has 2 heteroatoms. The molecular formula is C17H29NO. The summed E-state index contributed by atoms with van der Waals surface area (Å²) in [6, 6.07) is 6.57. The molecule has 108 valence electrons. The lowest BCUT2D eigenvalue weighted by atomic mass is 9.87. The summed E-state index contributed by atoms with van der Waals surface area (Å²) >= 11 is 0. The Morgan fingerprint density at radius 3 is 2.32 bits per heavy atom. The molecular weight excluding hydrogens is 234 g/mol. The molecule has 1 rings (SSSR count). The van der Waals surface area contributed by atoms with Crippen LogP contribution < -0.4 is 10.5 Å². The summed E-state index contributed by atoms with van der Waals surface area (Å²) in [6.45, 7) is 6.59. The van der Waals surface area contributed by atoms with Crippen LogP contribution in [-0.2, 0) is 6.42 Å². The molecule has 0 heterocycles. The Morgan fingerprint density at radius 1 is 1.16 bits per heavy atom. The third kappa shape index (κ3) is 4.87. The fourth-order valence-corrected chi connectivity index (χ4v) is 2.80. The van der Waals surface area contributed by atoms with Crippen molar-refractivity contribution in [1.29, 1.82) is 0 Å². The van der Waals surface area contributed by atoms with Crippen molar-refractivity contribution in [2.24, 2.45) is 11.7 Å². The molecule has 0 aliphatic carbocycles. The molecule has 0 saturated heterocycles. The van der Waals surface area contributed by atoms with Crippen LogP contribution in [0.2, 0.25) is 0 Å². The first-order valence-electron chi connectivity index (χ1n) is 7.51. The Bertz CT molecular complexity index is 370. The summed E-state index contributed by atoms with van der Waals surface area (Å²) in [5, 5.41) is 0. The van der Waals surface area contributed by atoms with Gasteiger partial charge in [-0.2, -0.15) is 0 Å². The second-order valence-corrected chi connectivity index (χ2v) is 5.52. The van der Waals surface area contributed by atoms with Crippen LogP contribution in [0.25, 0.3) is 0 Å². The van der Waals surface area contributed by atoms with Crippen molar-refractivity contribution in [3.8, 4) is 5.75 Å². The van der Waals surface area contributed by atoms with E-state index in [9.17, 15) is 0 Å². The van der Waals surface area contributed by atoms with Crippen molar-refractivity contribution in [2.75, 3.05) is 7.11 Å². The van der Waals surface area contributed by atoms with E-state index in [0.29, 0.717) is 5.92 Å². The van der Waals surface area contributed by atoms with Gasteiger partial charge in [0.25, 0.3) is 0 Å². The van der Waals surface area contributed by atoms with Crippen LogP contribution in [0, 0.1) is 12.8 Å². The predicted octanol–water partition coefficient (Wildman–Crippen LogP) is 4.09. The molecule has 0 aliphatic heterocycles. The van der Waals surface area contributed by atoms with Crippen molar-refractivity contribution in [2.45, 2.75) is 58.9 Å². The summed E-state index contributed by atoms with van der Waals surface area (Å²) in [5.74, 6) is 1.59. The minimum atomic E-state index is 0.232. The number of methoxy groups -OCH3 is 1. The van der Waals surface area contributed by atoms with E-state index in [1.165, 1.54) is 36.8 Å². The Kier molecular flexibility index (Phi) is 6.93. The standard InChI is InChI=1S/C17H29NO/c1-5-7-14(8-6-2)16(18)12-15-11-13(3)9-10-17(15)19-4/h9-11,14,16H,5-8,12,18H2,1-4H3. The first kappa shape index (κ1) is 16.0. The highest BCUT2D eigenvalue weighted by Crippen LogP contribution is 2.25. The first-order valence-corrected chi connectivity index (χ1v) is 7.51. The van der Waals surface area contributed by atoms with Crippen molar-refractivity contribution in [1.82, 2.24) is 0 Å². The zero-order chi connectivity index (χ0) is 14.3. The predicted molar refractivity (Wildman–Crippen MR) is 82.7 cm³/mol. The van der Waals surface area contributed by atoms with Gasteiger partial charge in [0.2, 0.25) is 0 Å². The van der Waals surface area contributed by atoms with Crippen molar-refractivity contribution < 1.29 is 4.74 Å². The van der Waals surface area contributed by atoms with E-state index in [0.717, 1.165) is 12.2 Å². The molecule has 2 N–H and O–H groups in total. The summed E-state index contributed by atoms with van der Waals surface area (Å²) in [4.78, 5) is 0. The van der Waals surface area contributed by atoms with Gasteiger partial charge in [0, 0.05) is 6.04 Å². The van der Waals surface area contributed by atoms with Gasteiger partial charge >= 0.3 is 0 Å². The molecule has 0 aromatic heterocycles. The molecule has 1 atom stereocenters. The fraction of sp³-hybridized carbons (Fsp3) is 0.647.